The standard InChI is InChI=1S/C32H30N4/c1-5-15-29-23(11-1)27(24-12-2-6-16-30(24)35-29)21-33-19-9-10-20-34-22-28-25-13-3-7-17-31(25)36-32-18-8-4-14-26(28)32/h1-8,11-18,33-34H,9-10,19-22H2. The van der Waals surface area contributed by atoms with Gasteiger partial charge < -0.3 is 10.6 Å². The number of pyridine rings is 2. The highest BCUT2D eigenvalue weighted by atomic mass is 14.9. The fourth-order valence-corrected chi connectivity index (χ4v) is 5.16. The number of hydrogen-bond donors (Lipinski definition) is 2. The van der Waals surface area contributed by atoms with Gasteiger partial charge in [-0.1, -0.05) is 72.8 Å². The van der Waals surface area contributed by atoms with Crippen LogP contribution in [0.25, 0.3) is 43.6 Å². The minimum absolute atomic E-state index is 0.853. The van der Waals surface area contributed by atoms with Crippen LogP contribution in [-0.4, -0.2) is 23.1 Å². The highest BCUT2D eigenvalue weighted by Crippen LogP contribution is 2.27. The van der Waals surface area contributed by atoms with E-state index in [0.717, 1.165) is 61.1 Å². The van der Waals surface area contributed by atoms with Crippen LogP contribution in [0.2, 0.25) is 0 Å². The third-order valence-corrected chi connectivity index (χ3v) is 6.96. The highest BCUT2D eigenvalue weighted by Gasteiger charge is 2.09. The first-order valence-corrected chi connectivity index (χ1v) is 12.8. The summed E-state index contributed by atoms with van der Waals surface area (Å²) in [5.74, 6) is 0. The maximum atomic E-state index is 4.84. The third kappa shape index (κ3) is 4.53. The first-order chi connectivity index (χ1) is 17.9. The number of fused-ring (bicyclic) bond motifs is 4. The predicted octanol–water partition coefficient (Wildman–Crippen LogP) is 6.75. The van der Waals surface area contributed by atoms with Gasteiger partial charge in [-0.15, -0.1) is 0 Å². The van der Waals surface area contributed by atoms with Crippen molar-refractivity contribution in [2.75, 3.05) is 13.1 Å². The molecule has 2 aromatic heterocycles. The Hall–Kier alpha value is -3.86. The van der Waals surface area contributed by atoms with Crippen LogP contribution in [0.5, 0.6) is 0 Å². The maximum Gasteiger partial charge on any atom is 0.0713 e. The lowest BCUT2D eigenvalue weighted by Crippen LogP contribution is -2.19. The second-order valence-corrected chi connectivity index (χ2v) is 9.31. The second kappa shape index (κ2) is 10.4. The van der Waals surface area contributed by atoms with Gasteiger partial charge in [-0.3, -0.25) is 0 Å². The minimum atomic E-state index is 0.853. The molecule has 0 bridgehead atoms. The molecule has 0 saturated carbocycles. The number of para-hydroxylation sites is 4. The number of rotatable bonds is 9. The number of nitrogens with one attached hydrogen (secondary N) is 2. The molecule has 0 saturated heterocycles. The van der Waals surface area contributed by atoms with Gasteiger partial charge in [0.15, 0.2) is 0 Å². The van der Waals surface area contributed by atoms with Crippen LogP contribution in [0.3, 0.4) is 0 Å². The van der Waals surface area contributed by atoms with Crippen LogP contribution in [-0.2, 0) is 13.1 Å². The summed E-state index contributed by atoms with van der Waals surface area (Å²) in [4.78, 5) is 9.68. The normalized spacial score (nSPS) is 11.7. The molecule has 4 nitrogen and oxygen atoms in total. The maximum absolute atomic E-state index is 4.84. The highest BCUT2D eigenvalue weighted by molar-refractivity contribution is 5.98. The number of hydrogen-bond acceptors (Lipinski definition) is 4. The van der Waals surface area contributed by atoms with Gasteiger partial charge in [-0.2, -0.15) is 0 Å². The molecule has 0 atom stereocenters. The van der Waals surface area contributed by atoms with E-state index in [2.05, 4.69) is 108 Å². The van der Waals surface area contributed by atoms with Crippen LogP contribution >= 0.6 is 0 Å². The first-order valence-electron chi connectivity index (χ1n) is 12.8. The van der Waals surface area contributed by atoms with Crippen molar-refractivity contribution in [3.05, 3.63) is 108 Å². The zero-order chi connectivity index (χ0) is 24.2. The average Bonchev–Trinajstić information content (AvgIpc) is 2.93. The fourth-order valence-electron chi connectivity index (χ4n) is 5.16. The summed E-state index contributed by atoms with van der Waals surface area (Å²) in [6.45, 7) is 3.69. The molecular weight excluding hydrogens is 440 g/mol. The van der Waals surface area contributed by atoms with E-state index in [9.17, 15) is 0 Å². The zero-order valence-electron chi connectivity index (χ0n) is 20.4. The SMILES string of the molecule is c1ccc2c(CNCCCCNCc3c4ccccc4nc4ccccc34)c3ccccc3nc2c1. The van der Waals surface area contributed by atoms with Gasteiger partial charge in [0.2, 0.25) is 0 Å². The topological polar surface area (TPSA) is 49.8 Å². The van der Waals surface area contributed by atoms with Crippen molar-refractivity contribution in [3.63, 3.8) is 0 Å². The molecular formula is C32H30N4. The number of nitrogens with zero attached hydrogens (tertiary/aromatic N) is 2. The smallest absolute Gasteiger partial charge is 0.0713 e. The Morgan fingerprint density at radius 2 is 0.722 bits per heavy atom. The molecule has 0 aliphatic rings. The van der Waals surface area contributed by atoms with Crippen molar-refractivity contribution < 1.29 is 0 Å². The van der Waals surface area contributed by atoms with E-state index in [1.54, 1.807) is 0 Å². The molecule has 0 unspecified atom stereocenters. The molecule has 0 fully saturated rings. The van der Waals surface area contributed by atoms with Crippen LogP contribution in [0.1, 0.15) is 24.0 Å². The van der Waals surface area contributed by atoms with Gasteiger partial charge in [0, 0.05) is 34.6 Å². The summed E-state index contributed by atoms with van der Waals surface area (Å²) < 4.78 is 0. The fraction of sp³-hybridized carbons (Fsp3) is 0.188. The van der Waals surface area contributed by atoms with E-state index in [4.69, 9.17) is 9.97 Å². The first kappa shape index (κ1) is 22.6. The Morgan fingerprint density at radius 1 is 0.417 bits per heavy atom. The lowest BCUT2D eigenvalue weighted by Gasteiger charge is -2.13. The molecule has 4 heteroatoms. The Labute approximate surface area is 211 Å². The van der Waals surface area contributed by atoms with Crippen molar-refractivity contribution in [2.45, 2.75) is 25.9 Å². The molecule has 0 radical (unpaired) electrons. The van der Waals surface area contributed by atoms with Crippen molar-refractivity contribution >= 4 is 43.6 Å². The summed E-state index contributed by atoms with van der Waals surface area (Å²) in [5.41, 5.74) is 6.93. The molecule has 178 valence electrons. The molecule has 6 rings (SSSR count). The molecule has 2 heterocycles. The zero-order valence-corrected chi connectivity index (χ0v) is 20.4. The van der Waals surface area contributed by atoms with Gasteiger partial charge in [-0.25, -0.2) is 9.97 Å². The van der Waals surface area contributed by atoms with Crippen molar-refractivity contribution in [1.82, 2.24) is 20.6 Å². The van der Waals surface area contributed by atoms with Crippen molar-refractivity contribution in [3.8, 4) is 0 Å². The molecule has 0 aliphatic carbocycles. The van der Waals surface area contributed by atoms with E-state index in [1.807, 2.05) is 0 Å². The van der Waals surface area contributed by atoms with E-state index in [1.165, 1.54) is 32.7 Å². The van der Waals surface area contributed by atoms with E-state index < -0.39 is 0 Å². The van der Waals surface area contributed by atoms with Gasteiger partial charge in [0.1, 0.15) is 0 Å². The van der Waals surface area contributed by atoms with Crippen molar-refractivity contribution in [2.24, 2.45) is 0 Å². The third-order valence-electron chi connectivity index (χ3n) is 6.96. The molecule has 36 heavy (non-hydrogen) atoms. The number of aromatic nitrogens is 2. The molecule has 0 spiro atoms. The number of benzene rings is 4. The Bertz CT molecular complexity index is 1420. The van der Waals surface area contributed by atoms with Gasteiger partial charge in [0.05, 0.1) is 22.1 Å². The molecule has 0 amide bonds. The average molecular weight is 471 g/mol. The predicted molar refractivity (Wildman–Crippen MR) is 151 cm³/mol. The lowest BCUT2D eigenvalue weighted by molar-refractivity contribution is 0.585. The second-order valence-electron chi connectivity index (χ2n) is 9.31. The van der Waals surface area contributed by atoms with E-state index >= 15 is 0 Å². The molecule has 2 N–H and O–H groups in total. The van der Waals surface area contributed by atoms with Crippen LogP contribution in [0, 0.1) is 0 Å². The van der Waals surface area contributed by atoms with Gasteiger partial charge in [-0.05, 0) is 61.3 Å². The largest absolute Gasteiger partial charge is 0.313 e. The van der Waals surface area contributed by atoms with Crippen LogP contribution in [0.15, 0.2) is 97.1 Å². The number of unbranched alkanes of at least 4 members (excludes halogenated alkanes) is 1. The van der Waals surface area contributed by atoms with Crippen LogP contribution in [0.4, 0.5) is 0 Å². The Balaban J connectivity index is 1.05. The van der Waals surface area contributed by atoms with E-state index in [0.29, 0.717) is 0 Å². The van der Waals surface area contributed by atoms with Crippen molar-refractivity contribution in [1.29, 1.82) is 0 Å². The quantitative estimate of drug-likeness (QED) is 0.181. The molecule has 4 aromatic carbocycles. The van der Waals surface area contributed by atoms with Gasteiger partial charge >= 0.3 is 0 Å². The van der Waals surface area contributed by atoms with E-state index in [-0.39, 0.29) is 0 Å². The Morgan fingerprint density at radius 3 is 1.06 bits per heavy atom. The van der Waals surface area contributed by atoms with Crippen LogP contribution < -0.4 is 10.6 Å². The summed E-state index contributed by atoms with van der Waals surface area (Å²) in [6.07, 6.45) is 2.26. The lowest BCUT2D eigenvalue weighted by atomic mass is 10.0. The van der Waals surface area contributed by atoms with Gasteiger partial charge in [0.25, 0.3) is 0 Å². The monoisotopic (exact) mass is 470 g/mol. The molecule has 0 aliphatic heterocycles. The Kier molecular flexibility index (Phi) is 6.53. The summed E-state index contributed by atoms with van der Waals surface area (Å²) in [5, 5.41) is 12.3. The summed E-state index contributed by atoms with van der Waals surface area (Å²) in [6, 6.07) is 33.8. The summed E-state index contributed by atoms with van der Waals surface area (Å²) in [7, 11) is 0. The minimum Gasteiger partial charge on any atom is -0.313 e. The molecule has 6 aromatic rings. The summed E-state index contributed by atoms with van der Waals surface area (Å²) >= 11 is 0.